The van der Waals surface area contributed by atoms with Gasteiger partial charge in [-0.1, -0.05) is 20.8 Å². The van der Waals surface area contributed by atoms with E-state index in [-0.39, 0.29) is 0 Å². The van der Waals surface area contributed by atoms with Crippen molar-refractivity contribution in [3.63, 3.8) is 0 Å². The molecular formula is C12H24N6. The molecular weight excluding hydrogens is 228 g/mol. The summed E-state index contributed by atoms with van der Waals surface area (Å²) in [7, 11) is 1.78. The highest BCUT2D eigenvalue weighted by atomic mass is 15.3. The minimum absolute atomic E-state index is 0.605. The number of hydrogen-bond acceptors (Lipinski definition) is 3. The second-order valence-corrected chi connectivity index (χ2v) is 4.57. The summed E-state index contributed by atoms with van der Waals surface area (Å²) in [6.45, 7) is 9.00. The molecule has 0 radical (unpaired) electrons. The molecule has 0 unspecified atom stereocenters. The molecule has 6 heteroatoms. The third-order valence-corrected chi connectivity index (χ3v) is 2.56. The predicted octanol–water partition coefficient (Wildman–Crippen LogP) is 0.662. The van der Waals surface area contributed by atoms with Crippen LogP contribution in [-0.2, 0) is 13.0 Å². The molecule has 0 saturated heterocycles. The first-order chi connectivity index (χ1) is 8.67. The van der Waals surface area contributed by atoms with Crippen molar-refractivity contribution in [2.75, 3.05) is 20.1 Å². The lowest BCUT2D eigenvalue weighted by atomic mass is 10.2. The van der Waals surface area contributed by atoms with Crippen LogP contribution in [0, 0.1) is 5.92 Å². The Morgan fingerprint density at radius 3 is 2.83 bits per heavy atom. The number of hydrogen-bond donors (Lipinski definition) is 2. The van der Waals surface area contributed by atoms with Crippen LogP contribution in [0.25, 0.3) is 0 Å². The smallest absolute Gasteiger partial charge is 0.191 e. The van der Waals surface area contributed by atoms with Crippen molar-refractivity contribution in [3.05, 3.63) is 12.2 Å². The van der Waals surface area contributed by atoms with Gasteiger partial charge in [-0.05, 0) is 5.92 Å². The number of guanidine groups is 1. The van der Waals surface area contributed by atoms with Gasteiger partial charge in [0.15, 0.2) is 5.96 Å². The molecule has 0 aliphatic heterocycles. The lowest BCUT2D eigenvalue weighted by molar-refractivity contribution is 0.600. The van der Waals surface area contributed by atoms with Crippen LogP contribution in [0.2, 0.25) is 0 Å². The summed E-state index contributed by atoms with van der Waals surface area (Å²) in [4.78, 5) is 4.18. The Morgan fingerprint density at radius 1 is 1.44 bits per heavy atom. The van der Waals surface area contributed by atoms with Crippen molar-refractivity contribution < 1.29 is 0 Å². The van der Waals surface area contributed by atoms with Crippen molar-refractivity contribution in [3.8, 4) is 0 Å². The molecule has 0 aromatic carbocycles. The van der Waals surface area contributed by atoms with Crippen LogP contribution in [-0.4, -0.2) is 40.9 Å². The Balaban J connectivity index is 2.31. The monoisotopic (exact) mass is 252 g/mol. The molecule has 0 saturated carbocycles. The highest BCUT2D eigenvalue weighted by Crippen LogP contribution is 1.94. The average Bonchev–Trinajstić information content (AvgIpc) is 2.80. The summed E-state index contributed by atoms with van der Waals surface area (Å²) in [5.74, 6) is 2.46. The molecule has 6 nitrogen and oxygen atoms in total. The predicted molar refractivity (Wildman–Crippen MR) is 73.6 cm³/mol. The fourth-order valence-corrected chi connectivity index (χ4v) is 1.56. The van der Waals surface area contributed by atoms with E-state index in [1.54, 1.807) is 13.4 Å². The Bertz CT molecular complexity index is 368. The fraction of sp³-hybridized carbons (Fsp3) is 0.750. The van der Waals surface area contributed by atoms with Crippen LogP contribution in [0.4, 0.5) is 0 Å². The first-order valence-electron chi connectivity index (χ1n) is 6.48. The molecule has 1 aromatic rings. The number of aromatic nitrogens is 3. The van der Waals surface area contributed by atoms with Crippen LogP contribution < -0.4 is 10.6 Å². The van der Waals surface area contributed by atoms with Gasteiger partial charge in [0.2, 0.25) is 0 Å². The maximum Gasteiger partial charge on any atom is 0.191 e. The molecule has 0 bridgehead atoms. The van der Waals surface area contributed by atoms with Crippen LogP contribution >= 0.6 is 0 Å². The standard InChI is InChI=1S/C12H24N6/c1-5-11-17-16-9-18(11)7-6-14-12(13-4)15-8-10(2)3/h9-10H,5-8H2,1-4H3,(H2,13,14,15). The van der Waals surface area contributed by atoms with E-state index in [0.29, 0.717) is 5.92 Å². The molecule has 18 heavy (non-hydrogen) atoms. The third-order valence-electron chi connectivity index (χ3n) is 2.56. The Hall–Kier alpha value is -1.59. The van der Waals surface area contributed by atoms with E-state index in [1.165, 1.54) is 0 Å². The van der Waals surface area contributed by atoms with Gasteiger partial charge >= 0.3 is 0 Å². The Morgan fingerprint density at radius 2 is 2.22 bits per heavy atom. The molecule has 1 heterocycles. The van der Waals surface area contributed by atoms with Gasteiger partial charge < -0.3 is 15.2 Å². The van der Waals surface area contributed by atoms with Gasteiger partial charge in [-0.3, -0.25) is 4.99 Å². The second-order valence-electron chi connectivity index (χ2n) is 4.57. The largest absolute Gasteiger partial charge is 0.356 e. The van der Waals surface area contributed by atoms with Crippen LogP contribution in [0.1, 0.15) is 26.6 Å². The molecule has 0 amide bonds. The van der Waals surface area contributed by atoms with E-state index in [1.807, 2.05) is 0 Å². The van der Waals surface area contributed by atoms with E-state index in [2.05, 4.69) is 51.2 Å². The summed E-state index contributed by atoms with van der Waals surface area (Å²) in [5, 5.41) is 14.5. The van der Waals surface area contributed by atoms with Crippen LogP contribution in [0.5, 0.6) is 0 Å². The van der Waals surface area contributed by atoms with Gasteiger partial charge in [-0.25, -0.2) is 0 Å². The molecule has 0 aliphatic carbocycles. The molecule has 0 aliphatic rings. The van der Waals surface area contributed by atoms with Gasteiger partial charge in [0, 0.05) is 33.1 Å². The Kier molecular flexibility index (Phi) is 6.18. The highest BCUT2D eigenvalue weighted by molar-refractivity contribution is 5.79. The minimum Gasteiger partial charge on any atom is -0.356 e. The van der Waals surface area contributed by atoms with Crippen molar-refractivity contribution in [2.24, 2.45) is 10.9 Å². The normalized spacial score (nSPS) is 11.9. The zero-order valence-corrected chi connectivity index (χ0v) is 11.8. The maximum atomic E-state index is 4.18. The van der Waals surface area contributed by atoms with Crippen molar-refractivity contribution >= 4 is 5.96 Å². The average molecular weight is 252 g/mol. The van der Waals surface area contributed by atoms with Crippen LogP contribution in [0.3, 0.4) is 0 Å². The van der Waals surface area contributed by atoms with E-state index >= 15 is 0 Å². The van der Waals surface area contributed by atoms with Gasteiger partial charge in [-0.15, -0.1) is 10.2 Å². The van der Waals surface area contributed by atoms with E-state index < -0.39 is 0 Å². The molecule has 1 aromatic heterocycles. The van der Waals surface area contributed by atoms with E-state index in [9.17, 15) is 0 Å². The summed E-state index contributed by atoms with van der Waals surface area (Å²) in [6, 6.07) is 0. The van der Waals surface area contributed by atoms with E-state index in [0.717, 1.165) is 37.8 Å². The molecule has 102 valence electrons. The SMILES string of the molecule is CCc1nncn1CCNC(=NC)NCC(C)C. The number of rotatable bonds is 6. The lowest BCUT2D eigenvalue weighted by Crippen LogP contribution is -2.40. The Labute approximate surface area is 109 Å². The molecule has 0 atom stereocenters. The maximum absolute atomic E-state index is 4.18. The minimum atomic E-state index is 0.605. The fourth-order valence-electron chi connectivity index (χ4n) is 1.56. The molecule has 2 N–H and O–H groups in total. The van der Waals surface area contributed by atoms with Crippen molar-refractivity contribution in [1.29, 1.82) is 0 Å². The summed E-state index contributed by atoms with van der Waals surface area (Å²) in [5.41, 5.74) is 0. The number of aryl methyl sites for hydroxylation is 1. The molecule has 0 spiro atoms. The van der Waals surface area contributed by atoms with Gasteiger partial charge in [0.1, 0.15) is 12.2 Å². The van der Waals surface area contributed by atoms with Gasteiger partial charge in [-0.2, -0.15) is 0 Å². The third kappa shape index (κ3) is 4.73. The zero-order valence-electron chi connectivity index (χ0n) is 11.8. The molecule has 1 rings (SSSR count). The highest BCUT2D eigenvalue weighted by Gasteiger charge is 2.02. The summed E-state index contributed by atoms with van der Waals surface area (Å²) in [6.07, 6.45) is 2.67. The second kappa shape index (κ2) is 7.68. The first kappa shape index (κ1) is 14.5. The van der Waals surface area contributed by atoms with Gasteiger partial charge in [0.05, 0.1) is 0 Å². The number of nitrogens with zero attached hydrogens (tertiary/aromatic N) is 4. The summed E-state index contributed by atoms with van der Waals surface area (Å²) < 4.78 is 2.06. The van der Waals surface area contributed by atoms with E-state index in [4.69, 9.17) is 0 Å². The van der Waals surface area contributed by atoms with Crippen LogP contribution in [0.15, 0.2) is 11.3 Å². The number of nitrogens with one attached hydrogen (secondary N) is 2. The van der Waals surface area contributed by atoms with Gasteiger partial charge in [0.25, 0.3) is 0 Å². The van der Waals surface area contributed by atoms with Crippen molar-refractivity contribution in [2.45, 2.75) is 33.7 Å². The zero-order chi connectivity index (χ0) is 13.4. The van der Waals surface area contributed by atoms with Crippen molar-refractivity contribution in [1.82, 2.24) is 25.4 Å². The molecule has 0 fully saturated rings. The summed E-state index contributed by atoms with van der Waals surface area (Å²) >= 11 is 0. The quantitative estimate of drug-likeness (QED) is 0.576. The topological polar surface area (TPSA) is 67.1 Å². The lowest BCUT2D eigenvalue weighted by Gasteiger charge is -2.13. The first-order valence-corrected chi connectivity index (χ1v) is 6.48. The number of aliphatic imine (C=N–C) groups is 1.